The summed E-state index contributed by atoms with van der Waals surface area (Å²) in [6.45, 7) is 2.96. The fourth-order valence-electron chi connectivity index (χ4n) is 2.42. The van der Waals surface area contributed by atoms with E-state index in [-0.39, 0.29) is 18.7 Å². The van der Waals surface area contributed by atoms with Gasteiger partial charge in [0.05, 0.1) is 0 Å². The monoisotopic (exact) mass is 289 g/mol. The van der Waals surface area contributed by atoms with Gasteiger partial charge in [-0.25, -0.2) is 0 Å². The third kappa shape index (κ3) is 3.52. The van der Waals surface area contributed by atoms with E-state index in [4.69, 9.17) is 0 Å². The van der Waals surface area contributed by atoms with Gasteiger partial charge in [-0.3, -0.25) is 14.9 Å². The number of carbonyl (C=O) groups is 2. The molecule has 0 aliphatic carbocycles. The van der Waals surface area contributed by atoms with Gasteiger partial charge in [0.15, 0.2) is 0 Å². The molecule has 2 aliphatic heterocycles. The number of nitrogens with zero attached hydrogens (tertiary/aromatic N) is 1. The standard InChI is InChI=1S/C11H19N3O4S/c1-8-3-2-6-14(7-8)19(17,18)13-9-4-5-10(15)12-11(9)16/h8-9,13H,2-7H2,1H3,(H,12,15,16). The van der Waals surface area contributed by atoms with Crippen LogP contribution in [0.2, 0.25) is 0 Å². The van der Waals surface area contributed by atoms with E-state index in [0.29, 0.717) is 19.0 Å². The first kappa shape index (κ1) is 14.4. The van der Waals surface area contributed by atoms with Crippen molar-refractivity contribution in [3.05, 3.63) is 0 Å². The number of piperidine rings is 2. The van der Waals surface area contributed by atoms with Crippen molar-refractivity contribution in [3.8, 4) is 0 Å². The summed E-state index contributed by atoms with van der Waals surface area (Å²) in [7, 11) is -3.66. The van der Waals surface area contributed by atoms with Gasteiger partial charge < -0.3 is 0 Å². The largest absolute Gasteiger partial charge is 0.295 e. The Hall–Kier alpha value is -0.990. The maximum Gasteiger partial charge on any atom is 0.280 e. The van der Waals surface area contributed by atoms with Gasteiger partial charge in [0.25, 0.3) is 10.2 Å². The Morgan fingerprint density at radius 1 is 1.32 bits per heavy atom. The van der Waals surface area contributed by atoms with Crippen LogP contribution in [0.25, 0.3) is 0 Å². The number of carbonyl (C=O) groups excluding carboxylic acids is 2. The molecule has 0 aromatic carbocycles. The Balaban J connectivity index is 2.00. The van der Waals surface area contributed by atoms with Gasteiger partial charge in [0.2, 0.25) is 11.8 Å². The predicted octanol–water partition coefficient (Wildman–Crippen LogP) is -0.642. The molecule has 0 radical (unpaired) electrons. The SMILES string of the molecule is CC1CCCN(S(=O)(=O)NC2CCC(=O)NC2=O)C1. The highest BCUT2D eigenvalue weighted by molar-refractivity contribution is 7.87. The first-order chi connectivity index (χ1) is 8.88. The lowest BCUT2D eigenvalue weighted by molar-refractivity contribution is -0.134. The van der Waals surface area contributed by atoms with Gasteiger partial charge in [-0.1, -0.05) is 6.92 Å². The number of imide groups is 1. The second-order valence-electron chi connectivity index (χ2n) is 5.23. The van der Waals surface area contributed by atoms with Crippen molar-refractivity contribution in [2.24, 2.45) is 5.92 Å². The van der Waals surface area contributed by atoms with Crippen LogP contribution in [-0.2, 0) is 19.8 Å². The molecule has 0 saturated carbocycles. The van der Waals surface area contributed by atoms with Crippen molar-refractivity contribution in [3.63, 3.8) is 0 Å². The molecule has 19 heavy (non-hydrogen) atoms. The molecule has 0 spiro atoms. The van der Waals surface area contributed by atoms with Crippen LogP contribution in [0.3, 0.4) is 0 Å². The molecule has 2 heterocycles. The average Bonchev–Trinajstić information content (AvgIpc) is 2.33. The Morgan fingerprint density at radius 3 is 2.68 bits per heavy atom. The molecular weight excluding hydrogens is 270 g/mol. The van der Waals surface area contributed by atoms with E-state index in [9.17, 15) is 18.0 Å². The summed E-state index contributed by atoms with van der Waals surface area (Å²) < 4.78 is 28.1. The van der Waals surface area contributed by atoms with E-state index in [1.165, 1.54) is 4.31 Å². The van der Waals surface area contributed by atoms with Crippen molar-refractivity contribution in [1.82, 2.24) is 14.3 Å². The van der Waals surface area contributed by atoms with Crippen LogP contribution in [0.5, 0.6) is 0 Å². The molecule has 0 aromatic heterocycles. The smallest absolute Gasteiger partial charge is 0.280 e. The molecule has 2 fully saturated rings. The van der Waals surface area contributed by atoms with Crippen LogP contribution < -0.4 is 10.0 Å². The van der Waals surface area contributed by atoms with Gasteiger partial charge in [0.1, 0.15) is 6.04 Å². The molecule has 2 N–H and O–H groups in total. The molecule has 2 atom stereocenters. The number of amides is 2. The fourth-order valence-corrected chi connectivity index (χ4v) is 3.98. The van der Waals surface area contributed by atoms with Crippen LogP contribution in [0.15, 0.2) is 0 Å². The van der Waals surface area contributed by atoms with Crippen molar-refractivity contribution in [2.75, 3.05) is 13.1 Å². The summed E-state index contributed by atoms with van der Waals surface area (Å²) in [4.78, 5) is 22.6. The molecule has 2 amide bonds. The second-order valence-corrected chi connectivity index (χ2v) is 6.93. The first-order valence-electron chi connectivity index (χ1n) is 6.49. The molecular formula is C11H19N3O4S. The minimum Gasteiger partial charge on any atom is -0.295 e. The molecule has 7 nitrogen and oxygen atoms in total. The lowest BCUT2D eigenvalue weighted by Gasteiger charge is -2.32. The van der Waals surface area contributed by atoms with Crippen LogP contribution in [0.1, 0.15) is 32.6 Å². The predicted molar refractivity (Wildman–Crippen MR) is 68.2 cm³/mol. The Kier molecular flexibility index (Phi) is 4.22. The normalized spacial score (nSPS) is 30.2. The lowest BCUT2D eigenvalue weighted by Crippen LogP contribution is -2.56. The quantitative estimate of drug-likeness (QED) is 0.675. The Labute approximate surface area is 112 Å². The van der Waals surface area contributed by atoms with E-state index < -0.39 is 22.2 Å². The fraction of sp³-hybridized carbons (Fsp3) is 0.818. The van der Waals surface area contributed by atoms with Gasteiger partial charge in [-0.15, -0.1) is 0 Å². The lowest BCUT2D eigenvalue weighted by atomic mass is 10.0. The van der Waals surface area contributed by atoms with Crippen molar-refractivity contribution in [2.45, 2.75) is 38.6 Å². The molecule has 108 valence electrons. The second kappa shape index (κ2) is 5.56. The minimum absolute atomic E-state index is 0.162. The van der Waals surface area contributed by atoms with E-state index >= 15 is 0 Å². The molecule has 8 heteroatoms. The summed E-state index contributed by atoms with van der Waals surface area (Å²) in [6, 6.07) is -0.847. The number of rotatable bonds is 3. The average molecular weight is 289 g/mol. The molecule has 2 rings (SSSR count). The number of hydrogen-bond acceptors (Lipinski definition) is 4. The highest BCUT2D eigenvalue weighted by Gasteiger charge is 2.34. The van der Waals surface area contributed by atoms with Gasteiger partial charge in [-0.05, 0) is 25.2 Å². The van der Waals surface area contributed by atoms with Crippen molar-refractivity contribution < 1.29 is 18.0 Å². The molecule has 2 aliphatic rings. The number of hydrogen-bond donors (Lipinski definition) is 2. The summed E-state index contributed by atoms with van der Waals surface area (Å²) in [6.07, 6.45) is 2.23. The molecule has 2 unspecified atom stereocenters. The third-order valence-corrected chi connectivity index (χ3v) is 5.08. The maximum atomic E-state index is 12.2. The van der Waals surface area contributed by atoms with E-state index in [0.717, 1.165) is 12.8 Å². The summed E-state index contributed by atoms with van der Waals surface area (Å²) >= 11 is 0. The highest BCUT2D eigenvalue weighted by atomic mass is 32.2. The Morgan fingerprint density at radius 2 is 2.05 bits per heavy atom. The molecule has 2 saturated heterocycles. The van der Waals surface area contributed by atoms with E-state index in [1.807, 2.05) is 6.92 Å². The topological polar surface area (TPSA) is 95.6 Å². The van der Waals surface area contributed by atoms with Crippen LogP contribution in [-0.4, -0.2) is 43.7 Å². The maximum absolute atomic E-state index is 12.2. The van der Waals surface area contributed by atoms with Crippen LogP contribution in [0, 0.1) is 5.92 Å². The first-order valence-corrected chi connectivity index (χ1v) is 7.93. The highest BCUT2D eigenvalue weighted by Crippen LogP contribution is 2.18. The van der Waals surface area contributed by atoms with Crippen LogP contribution >= 0.6 is 0 Å². The molecule has 0 aromatic rings. The van der Waals surface area contributed by atoms with Gasteiger partial charge >= 0.3 is 0 Å². The Bertz CT molecular complexity index is 476. The zero-order chi connectivity index (χ0) is 14.0. The van der Waals surface area contributed by atoms with E-state index in [2.05, 4.69) is 10.0 Å². The number of nitrogens with one attached hydrogen (secondary N) is 2. The summed E-state index contributed by atoms with van der Waals surface area (Å²) in [5.74, 6) is -0.594. The zero-order valence-electron chi connectivity index (χ0n) is 10.9. The van der Waals surface area contributed by atoms with Crippen LogP contribution in [0.4, 0.5) is 0 Å². The molecule has 0 bridgehead atoms. The summed E-state index contributed by atoms with van der Waals surface area (Å²) in [5.41, 5.74) is 0. The zero-order valence-corrected chi connectivity index (χ0v) is 11.7. The van der Waals surface area contributed by atoms with E-state index in [1.54, 1.807) is 0 Å². The third-order valence-electron chi connectivity index (χ3n) is 3.49. The van der Waals surface area contributed by atoms with Gasteiger partial charge in [-0.2, -0.15) is 17.4 Å². The summed E-state index contributed by atoms with van der Waals surface area (Å²) in [5, 5.41) is 2.14. The van der Waals surface area contributed by atoms with Crippen molar-refractivity contribution >= 4 is 22.0 Å². The minimum atomic E-state index is -3.66. The van der Waals surface area contributed by atoms with Gasteiger partial charge in [0, 0.05) is 19.5 Å². The van der Waals surface area contributed by atoms with Crippen molar-refractivity contribution in [1.29, 1.82) is 0 Å².